The Balaban J connectivity index is 2.33. The number of amides is 2. The molecule has 1 saturated heterocycles. The van der Waals surface area contributed by atoms with Crippen molar-refractivity contribution < 1.29 is 9.53 Å². The number of ether oxygens (including phenoxy) is 1. The molecule has 100 valence electrons. The lowest BCUT2D eigenvalue weighted by atomic mass is 10.1. The van der Waals surface area contributed by atoms with E-state index in [9.17, 15) is 4.79 Å². The summed E-state index contributed by atoms with van der Waals surface area (Å²) < 4.78 is 5.60. The summed E-state index contributed by atoms with van der Waals surface area (Å²) in [4.78, 5) is 15.9. The number of hydrogen-bond donors (Lipinski definition) is 1. The van der Waals surface area contributed by atoms with E-state index in [-0.39, 0.29) is 12.1 Å². The van der Waals surface area contributed by atoms with Crippen molar-refractivity contribution in [2.24, 2.45) is 5.73 Å². The van der Waals surface area contributed by atoms with Crippen LogP contribution in [0.15, 0.2) is 0 Å². The van der Waals surface area contributed by atoms with Crippen molar-refractivity contribution in [3.63, 3.8) is 0 Å². The zero-order chi connectivity index (χ0) is 12.7. The van der Waals surface area contributed by atoms with E-state index in [1.54, 1.807) is 0 Å². The molecule has 2 amide bonds. The van der Waals surface area contributed by atoms with Crippen LogP contribution >= 0.6 is 0 Å². The first-order valence-electron chi connectivity index (χ1n) is 6.58. The highest BCUT2D eigenvalue weighted by Crippen LogP contribution is 2.15. The molecule has 5 heteroatoms. The van der Waals surface area contributed by atoms with E-state index >= 15 is 0 Å². The molecule has 0 aromatic rings. The first-order valence-corrected chi connectivity index (χ1v) is 6.58. The Morgan fingerprint density at radius 3 is 2.41 bits per heavy atom. The van der Waals surface area contributed by atoms with Crippen molar-refractivity contribution in [3.8, 4) is 0 Å². The second kappa shape index (κ2) is 7.50. The minimum Gasteiger partial charge on any atom is -0.377 e. The van der Waals surface area contributed by atoms with Crippen molar-refractivity contribution in [3.05, 3.63) is 0 Å². The van der Waals surface area contributed by atoms with Crippen molar-refractivity contribution in [2.75, 3.05) is 39.3 Å². The molecular formula is C12H25N3O2. The number of rotatable bonds is 5. The summed E-state index contributed by atoms with van der Waals surface area (Å²) in [5.74, 6) is 0. The maximum absolute atomic E-state index is 12.1. The smallest absolute Gasteiger partial charge is 0.319 e. The topological polar surface area (TPSA) is 58.8 Å². The first-order chi connectivity index (χ1) is 8.22. The number of carbonyl (C=O) groups excluding carboxylic acids is 1. The van der Waals surface area contributed by atoms with E-state index in [4.69, 9.17) is 10.5 Å². The molecular weight excluding hydrogens is 218 g/mol. The molecule has 0 spiro atoms. The normalized spacial score (nSPS) is 17.2. The molecule has 0 aromatic heterocycles. The Morgan fingerprint density at radius 2 is 1.94 bits per heavy atom. The zero-order valence-electron chi connectivity index (χ0n) is 11.0. The van der Waals surface area contributed by atoms with Gasteiger partial charge in [-0.05, 0) is 26.7 Å². The molecule has 0 bridgehead atoms. The molecule has 0 saturated carbocycles. The quantitative estimate of drug-likeness (QED) is 0.780. The number of likely N-dealkylation sites (tertiary alicyclic amines) is 1. The van der Waals surface area contributed by atoms with Gasteiger partial charge in [-0.1, -0.05) is 0 Å². The summed E-state index contributed by atoms with van der Waals surface area (Å²) in [6, 6.07) is 0.160. The molecule has 1 aliphatic rings. The number of hydrogen-bond acceptors (Lipinski definition) is 3. The van der Waals surface area contributed by atoms with Crippen LogP contribution in [-0.2, 0) is 4.74 Å². The minimum absolute atomic E-state index is 0.160. The fourth-order valence-corrected chi connectivity index (χ4v) is 2.14. The Morgan fingerprint density at radius 1 is 1.35 bits per heavy atom. The Labute approximate surface area is 104 Å². The fourth-order valence-electron chi connectivity index (χ4n) is 2.14. The third-order valence-electron chi connectivity index (χ3n) is 3.22. The average molecular weight is 243 g/mol. The highest BCUT2D eigenvalue weighted by molar-refractivity contribution is 5.74. The lowest BCUT2D eigenvalue weighted by molar-refractivity contribution is 0.0159. The molecule has 0 aliphatic carbocycles. The van der Waals surface area contributed by atoms with Crippen molar-refractivity contribution in [1.82, 2.24) is 9.80 Å². The van der Waals surface area contributed by atoms with Crippen LogP contribution in [-0.4, -0.2) is 61.3 Å². The van der Waals surface area contributed by atoms with E-state index in [0.717, 1.165) is 39.0 Å². The molecule has 0 radical (unpaired) electrons. The molecule has 1 aliphatic heterocycles. The van der Waals surface area contributed by atoms with Gasteiger partial charge in [0.2, 0.25) is 0 Å². The van der Waals surface area contributed by atoms with E-state index < -0.39 is 0 Å². The van der Waals surface area contributed by atoms with Gasteiger partial charge in [0.25, 0.3) is 0 Å². The highest BCUT2D eigenvalue weighted by atomic mass is 16.5. The molecule has 1 heterocycles. The number of piperidine rings is 1. The maximum atomic E-state index is 12.1. The van der Waals surface area contributed by atoms with Gasteiger partial charge < -0.3 is 20.3 Å². The second-order valence-electron chi connectivity index (χ2n) is 4.30. The number of nitrogens with zero attached hydrogens (tertiary/aromatic N) is 2. The summed E-state index contributed by atoms with van der Waals surface area (Å²) in [6.45, 7) is 8.36. The van der Waals surface area contributed by atoms with Gasteiger partial charge in [-0.3, -0.25) is 0 Å². The lowest BCUT2D eigenvalue weighted by Gasteiger charge is -2.35. The monoisotopic (exact) mass is 243 g/mol. The van der Waals surface area contributed by atoms with E-state index in [1.165, 1.54) is 0 Å². The SMILES string of the molecule is CCN(CC)C(=O)N1CCC(OCCN)CC1. The summed E-state index contributed by atoms with van der Waals surface area (Å²) in [5, 5.41) is 0. The van der Waals surface area contributed by atoms with Crippen LogP contribution in [0.2, 0.25) is 0 Å². The fraction of sp³-hybridized carbons (Fsp3) is 0.917. The predicted octanol–water partition coefficient (Wildman–Crippen LogP) is 0.888. The molecule has 5 nitrogen and oxygen atoms in total. The molecule has 2 N–H and O–H groups in total. The van der Waals surface area contributed by atoms with Gasteiger partial charge in [0.1, 0.15) is 0 Å². The molecule has 1 rings (SSSR count). The Kier molecular flexibility index (Phi) is 6.29. The number of nitrogens with two attached hydrogens (primary N) is 1. The van der Waals surface area contributed by atoms with Crippen molar-refractivity contribution in [1.29, 1.82) is 0 Å². The maximum Gasteiger partial charge on any atom is 0.319 e. The standard InChI is InChI=1S/C12H25N3O2/c1-3-14(4-2)12(16)15-8-5-11(6-9-15)17-10-7-13/h11H,3-10,13H2,1-2H3. The molecule has 17 heavy (non-hydrogen) atoms. The summed E-state index contributed by atoms with van der Waals surface area (Å²) >= 11 is 0. The third kappa shape index (κ3) is 4.16. The second-order valence-corrected chi connectivity index (χ2v) is 4.30. The van der Waals surface area contributed by atoms with Gasteiger partial charge in [0, 0.05) is 32.7 Å². The van der Waals surface area contributed by atoms with Crippen molar-refractivity contribution in [2.45, 2.75) is 32.8 Å². The van der Waals surface area contributed by atoms with Gasteiger partial charge in [-0.25, -0.2) is 4.79 Å². The van der Waals surface area contributed by atoms with Crippen LogP contribution in [0.3, 0.4) is 0 Å². The number of urea groups is 1. The first kappa shape index (κ1) is 14.3. The summed E-state index contributed by atoms with van der Waals surface area (Å²) in [6.07, 6.45) is 2.12. The molecule has 1 fully saturated rings. The zero-order valence-corrected chi connectivity index (χ0v) is 11.0. The van der Waals surface area contributed by atoms with Crippen molar-refractivity contribution >= 4 is 6.03 Å². The molecule has 0 atom stereocenters. The van der Waals surface area contributed by atoms with Crippen LogP contribution in [0.4, 0.5) is 4.79 Å². The van der Waals surface area contributed by atoms with Gasteiger partial charge >= 0.3 is 6.03 Å². The van der Waals surface area contributed by atoms with Crippen LogP contribution in [0, 0.1) is 0 Å². The van der Waals surface area contributed by atoms with Gasteiger partial charge in [0.05, 0.1) is 12.7 Å². The lowest BCUT2D eigenvalue weighted by Crippen LogP contribution is -2.47. The minimum atomic E-state index is 0.160. The Bertz CT molecular complexity index is 224. The van der Waals surface area contributed by atoms with E-state index in [0.29, 0.717) is 13.2 Å². The number of carbonyl (C=O) groups is 1. The van der Waals surface area contributed by atoms with Crippen LogP contribution in [0.5, 0.6) is 0 Å². The summed E-state index contributed by atoms with van der Waals surface area (Å²) in [5.41, 5.74) is 5.40. The largest absolute Gasteiger partial charge is 0.377 e. The van der Waals surface area contributed by atoms with Gasteiger partial charge in [0.15, 0.2) is 0 Å². The highest BCUT2D eigenvalue weighted by Gasteiger charge is 2.25. The van der Waals surface area contributed by atoms with Crippen LogP contribution < -0.4 is 5.73 Å². The van der Waals surface area contributed by atoms with E-state index in [2.05, 4.69) is 0 Å². The van der Waals surface area contributed by atoms with E-state index in [1.807, 2.05) is 23.6 Å². The third-order valence-corrected chi connectivity index (χ3v) is 3.22. The van der Waals surface area contributed by atoms with Crippen LogP contribution in [0.1, 0.15) is 26.7 Å². The molecule has 0 unspecified atom stereocenters. The van der Waals surface area contributed by atoms with Gasteiger partial charge in [-0.2, -0.15) is 0 Å². The molecule has 0 aromatic carbocycles. The Hall–Kier alpha value is -0.810. The summed E-state index contributed by atoms with van der Waals surface area (Å²) in [7, 11) is 0. The predicted molar refractivity (Wildman–Crippen MR) is 67.9 cm³/mol. The van der Waals surface area contributed by atoms with Crippen LogP contribution in [0.25, 0.3) is 0 Å². The average Bonchev–Trinajstić information content (AvgIpc) is 2.38. The van der Waals surface area contributed by atoms with Gasteiger partial charge in [-0.15, -0.1) is 0 Å².